The van der Waals surface area contributed by atoms with Crippen LogP contribution in [0.5, 0.6) is 0 Å². The topological polar surface area (TPSA) is 48.9 Å². The number of guanidine groups is 1. The summed E-state index contributed by atoms with van der Waals surface area (Å²) in [5.41, 5.74) is 0.390. The highest BCUT2D eigenvalue weighted by Gasteiger charge is 2.36. The molecule has 0 unspecified atom stereocenters. The molecule has 1 aliphatic carbocycles. The van der Waals surface area contributed by atoms with E-state index in [9.17, 15) is 0 Å². The predicted molar refractivity (Wildman–Crippen MR) is 102 cm³/mol. The third-order valence-electron chi connectivity index (χ3n) is 5.76. The van der Waals surface area contributed by atoms with Crippen molar-refractivity contribution >= 4 is 5.96 Å². The first kappa shape index (κ1) is 19.5. The summed E-state index contributed by atoms with van der Waals surface area (Å²) in [6.07, 6.45) is 7.76. The van der Waals surface area contributed by atoms with Crippen LogP contribution in [-0.2, 0) is 4.74 Å². The number of hydrogen-bond acceptors (Lipinski definition) is 3. The number of hydrogen-bond donors (Lipinski definition) is 2. The minimum atomic E-state index is 0.390. The van der Waals surface area contributed by atoms with Crippen LogP contribution in [-0.4, -0.2) is 63.8 Å². The Morgan fingerprint density at radius 3 is 2.58 bits per heavy atom. The van der Waals surface area contributed by atoms with Gasteiger partial charge in [0.25, 0.3) is 0 Å². The van der Waals surface area contributed by atoms with Crippen molar-refractivity contribution in [3.8, 4) is 0 Å². The van der Waals surface area contributed by atoms with Gasteiger partial charge in [-0.05, 0) is 63.5 Å². The second-order valence-corrected chi connectivity index (χ2v) is 7.74. The Labute approximate surface area is 148 Å². The summed E-state index contributed by atoms with van der Waals surface area (Å²) in [5.74, 6) is 1.88. The van der Waals surface area contributed by atoms with E-state index < -0.39 is 0 Å². The maximum absolute atomic E-state index is 5.28. The van der Waals surface area contributed by atoms with E-state index in [0.717, 1.165) is 51.1 Å². The van der Waals surface area contributed by atoms with Gasteiger partial charge in [0.2, 0.25) is 0 Å². The minimum absolute atomic E-state index is 0.390. The zero-order chi connectivity index (χ0) is 17.3. The number of rotatable bonds is 9. The fraction of sp³-hybridized carbons (Fsp3) is 0.947. The quantitative estimate of drug-likeness (QED) is 0.501. The molecule has 1 saturated heterocycles. The molecule has 1 aliphatic heterocycles. The molecule has 0 amide bonds. The summed E-state index contributed by atoms with van der Waals surface area (Å²) >= 11 is 0. The molecule has 0 radical (unpaired) electrons. The van der Waals surface area contributed by atoms with Crippen molar-refractivity contribution in [1.82, 2.24) is 15.5 Å². The number of nitrogens with one attached hydrogen (secondary N) is 2. The van der Waals surface area contributed by atoms with Crippen LogP contribution in [0.15, 0.2) is 4.99 Å². The van der Waals surface area contributed by atoms with Gasteiger partial charge in [0.15, 0.2) is 5.96 Å². The summed E-state index contributed by atoms with van der Waals surface area (Å²) in [5, 5.41) is 6.92. The Balaban J connectivity index is 1.73. The Morgan fingerprint density at radius 2 is 2.00 bits per heavy atom. The number of likely N-dealkylation sites (tertiary alicyclic amines) is 1. The lowest BCUT2D eigenvalue weighted by atomic mass is 9.67. The fourth-order valence-corrected chi connectivity index (χ4v) is 3.69. The number of aliphatic imine (C=N–C) groups is 1. The van der Waals surface area contributed by atoms with Crippen molar-refractivity contribution in [2.24, 2.45) is 16.3 Å². The molecule has 2 N–H and O–H groups in total. The molecular weight excluding hydrogens is 300 g/mol. The lowest BCUT2D eigenvalue weighted by Gasteiger charge is -2.40. The van der Waals surface area contributed by atoms with Gasteiger partial charge in [0.1, 0.15) is 0 Å². The average molecular weight is 339 g/mol. The van der Waals surface area contributed by atoms with E-state index in [1.165, 1.54) is 45.2 Å². The van der Waals surface area contributed by atoms with Gasteiger partial charge < -0.3 is 20.3 Å². The number of methoxy groups -OCH3 is 1. The summed E-state index contributed by atoms with van der Waals surface area (Å²) < 4.78 is 5.28. The van der Waals surface area contributed by atoms with Gasteiger partial charge in [-0.1, -0.05) is 13.3 Å². The van der Waals surface area contributed by atoms with Gasteiger partial charge in [-0.3, -0.25) is 4.99 Å². The van der Waals surface area contributed by atoms with Crippen molar-refractivity contribution in [3.05, 3.63) is 0 Å². The normalized spacial score (nSPS) is 22.2. The van der Waals surface area contributed by atoms with E-state index in [-0.39, 0.29) is 0 Å². The van der Waals surface area contributed by atoms with Gasteiger partial charge in [0.05, 0.1) is 0 Å². The van der Waals surface area contributed by atoms with Crippen LogP contribution in [0.25, 0.3) is 0 Å². The first-order valence-corrected chi connectivity index (χ1v) is 9.91. The lowest BCUT2D eigenvalue weighted by Crippen LogP contribution is -2.44. The Hall–Kier alpha value is -0.810. The molecular formula is C19H38N4O. The average Bonchev–Trinajstić information content (AvgIpc) is 2.55. The van der Waals surface area contributed by atoms with Gasteiger partial charge >= 0.3 is 0 Å². The highest BCUT2D eigenvalue weighted by atomic mass is 16.5. The van der Waals surface area contributed by atoms with Crippen molar-refractivity contribution in [2.75, 3.05) is 53.0 Å². The second-order valence-electron chi connectivity index (χ2n) is 7.74. The van der Waals surface area contributed by atoms with Gasteiger partial charge in [-0.2, -0.15) is 0 Å². The van der Waals surface area contributed by atoms with Gasteiger partial charge in [0, 0.05) is 39.9 Å². The standard InChI is InChI=1S/C19H38N4O/c1-4-20-18(21-11-14-23-12-6-17(2)7-13-23)22-16-19(8-5-9-19)10-15-24-3/h17H,4-16H2,1-3H3,(H2,20,21,22). The van der Waals surface area contributed by atoms with E-state index in [1.54, 1.807) is 7.11 Å². The van der Waals surface area contributed by atoms with Crippen LogP contribution in [0.2, 0.25) is 0 Å². The molecule has 2 fully saturated rings. The third-order valence-corrected chi connectivity index (χ3v) is 5.76. The molecule has 1 heterocycles. The van der Waals surface area contributed by atoms with E-state index >= 15 is 0 Å². The SMILES string of the molecule is CCNC(=NCC1(CCOC)CCC1)NCCN1CCC(C)CC1. The molecule has 5 heteroatoms. The molecule has 24 heavy (non-hydrogen) atoms. The maximum Gasteiger partial charge on any atom is 0.191 e. The van der Waals surface area contributed by atoms with Crippen LogP contribution in [0.4, 0.5) is 0 Å². The van der Waals surface area contributed by atoms with Crippen LogP contribution in [0.3, 0.4) is 0 Å². The maximum atomic E-state index is 5.28. The lowest BCUT2D eigenvalue weighted by molar-refractivity contribution is 0.0778. The Morgan fingerprint density at radius 1 is 1.25 bits per heavy atom. The smallest absolute Gasteiger partial charge is 0.191 e. The predicted octanol–water partition coefficient (Wildman–Crippen LogP) is 2.48. The van der Waals surface area contributed by atoms with Crippen LogP contribution in [0, 0.1) is 11.3 Å². The summed E-state index contributed by atoms with van der Waals surface area (Å²) in [6.45, 7) is 11.8. The molecule has 0 spiro atoms. The third kappa shape index (κ3) is 6.25. The summed E-state index contributed by atoms with van der Waals surface area (Å²) in [6, 6.07) is 0. The molecule has 0 aromatic carbocycles. The zero-order valence-electron chi connectivity index (χ0n) is 16.1. The molecule has 0 aromatic rings. The fourth-order valence-electron chi connectivity index (χ4n) is 3.69. The second kappa shape index (κ2) is 10.2. The van der Waals surface area contributed by atoms with Crippen molar-refractivity contribution in [1.29, 1.82) is 0 Å². The molecule has 2 aliphatic rings. The molecule has 5 nitrogen and oxygen atoms in total. The van der Waals surface area contributed by atoms with E-state index in [4.69, 9.17) is 9.73 Å². The summed E-state index contributed by atoms with van der Waals surface area (Å²) in [4.78, 5) is 7.45. The van der Waals surface area contributed by atoms with E-state index in [2.05, 4.69) is 29.4 Å². The van der Waals surface area contributed by atoms with E-state index in [1.807, 2.05) is 0 Å². The minimum Gasteiger partial charge on any atom is -0.385 e. The molecule has 1 saturated carbocycles. The Bertz CT molecular complexity index is 374. The van der Waals surface area contributed by atoms with Crippen molar-refractivity contribution in [2.45, 2.75) is 52.4 Å². The number of piperidine rings is 1. The summed E-state index contributed by atoms with van der Waals surface area (Å²) in [7, 11) is 1.79. The van der Waals surface area contributed by atoms with Crippen molar-refractivity contribution in [3.63, 3.8) is 0 Å². The molecule has 140 valence electrons. The number of nitrogens with zero attached hydrogens (tertiary/aromatic N) is 2. The molecule has 0 aromatic heterocycles. The molecule has 0 bridgehead atoms. The monoisotopic (exact) mass is 338 g/mol. The molecule has 0 atom stereocenters. The highest BCUT2D eigenvalue weighted by Crippen LogP contribution is 2.44. The largest absolute Gasteiger partial charge is 0.385 e. The number of ether oxygens (including phenoxy) is 1. The Kier molecular flexibility index (Phi) is 8.33. The molecule has 2 rings (SSSR count). The zero-order valence-corrected chi connectivity index (χ0v) is 16.1. The highest BCUT2D eigenvalue weighted by molar-refractivity contribution is 5.79. The van der Waals surface area contributed by atoms with Crippen LogP contribution in [0.1, 0.15) is 52.4 Å². The van der Waals surface area contributed by atoms with Crippen LogP contribution < -0.4 is 10.6 Å². The van der Waals surface area contributed by atoms with Crippen molar-refractivity contribution < 1.29 is 4.74 Å². The first-order chi connectivity index (χ1) is 11.7. The van der Waals surface area contributed by atoms with Gasteiger partial charge in [-0.25, -0.2) is 0 Å². The first-order valence-electron chi connectivity index (χ1n) is 9.91. The van der Waals surface area contributed by atoms with E-state index in [0.29, 0.717) is 5.41 Å². The van der Waals surface area contributed by atoms with Gasteiger partial charge in [-0.15, -0.1) is 0 Å². The van der Waals surface area contributed by atoms with Crippen LogP contribution >= 0.6 is 0 Å².